The number of amides is 2. The van der Waals surface area contributed by atoms with Gasteiger partial charge in [0.1, 0.15) is 5.75 Å². The van der Waals surface area contributed by atoms with Crippen molar-refractivity contribution in [2.24, 2.45) is 11.1 Å². The van der Waals surface area contributed by atoms with Gasteiger partial charge in [-0.05, 0) is 55.2 Å². The zero-order chi connectivity index (χ0) is 22.7. The molecule has 32 heavy (non-hydrogen) atoms. The lowest BCUT2D eigenvalue weighted by Crippen LogP contribution is -2.46. The summed E-state index contributed by atoms with van der Waals surface area (Å²) in [7, 11) is 1.58. The minimum Gasteiger partial charge on any atom is -0.497 e. The molecular formula is C25H28N4O3. The summed E-state index contributed by atoms with van der Waals surface area (Å²) in [6.07, 6.45) is 4.75. The molecule has 2 amide bonds. The molecule has 0 bridgehead atoms. The molecule has 0 radical (unpaired) electrons. The standard InChI is InChI=1S/C25H28N4O3/c1-32-22-4-2-3-19(15-22)23(30)28-12-9-25(10-13-28)11-14-29(24(25)31)21-7-5-18(6-8-21)20(16-26)17-27/h2-8,15-17,26H,9-14,27H2,1H3/b20-17+,26-16?. The Hall–Kier alpha value is -3.61. The third kappa shape index (κ3) is 3.86. The van der Waals surface area contributed by atoms with Gasteiger partial charge in [-0.15, -0.1) is 0 Å². The molecule has 2 aliphatic heterocycles. The van der Waals surface area contributed by atoms with Gasteiger partial charge in [0, 0.05) is 48.9 Å². The number of hydrogen-bond acceptors (Lipinski definition) is 5. The number of carbonyl (C=O) groups is 2. The Balaban J connectivity index is 1.43. The van der Waals surface area contributed by atoms with Crippen LogP contribution in [0.2, 0.25) is 0 Å². The van der Waals surface area contributed by atoms with Crippen LogP contribution in [0.5, 0.6) is 5.75 Å². The second-order valence-electron chi connectivity index (χ2n) is 8.32. The summed E-state index contributed by atoms with van der Waals surface area (Å²) in [4.78, 5) is 30.0. The Kier molecular flexibility index (Phi) is 5.99. The Morgan fingerprint density at radius 2 is 1.75 bits per heavy atom. The van der Waals surface area contributed by atoms with Crippen molar-refractivity contribution in [1.82, 2.24) is 4.90 Å². The molecule has 166 valence electrons. The molecule has 0 aliphatic carbocycles. The predicted molar refractivity (Wildman–Crippen MR) is 125 cm³/mol. The van der Waals surface area contributed by atoms with Crippen LogP contribution in [0, 0.1) is 10.8 Å². The van der Waals surface area contributed by atoms with Crippen LogP contribution >= 0.6 is 0 Å². The molecule has 7 nitrogen and oxygen atoms in total. The van der Waals surface area contributed by atoms with E-state index in [1.165, 1.54) is 12.4 Å². The van der Waals surface area contributed by atoms with Crippen LogP contribution in [0.3, 0.4) is 0 Å². The lowest BCUT2D eigenvalue weighted by atomic mass is 9.77. The normalized spacial score (nSPS) is 18.2. The van der Waals surface area contributed by atoms with E-state index >= 15 is 0 Å². The van der Waals surface area contributed by atoms with Gasteiger partial charge in [-0.2, -0.15) is 0 Å². The van der Waals surface area contributed by atoms with Crippen LogP contribution < -0.4 is 15.4 Å². The number of methoxy groups -OCH3 is 1. The lowest BCUT2D eigenvalue weighted by Gasteiger charge is -2.38. The number of benzene rings is 2. The first-order valence-corrected chi connectivity index (χ1v) is 10.8. The maximum atomic E-state index is 13.4. The second kappa shape index (κ2) is 8.86. The first kappa shape index (κ1) is 21.6. The van der Waals surface area contributed by atoms with E-state index in [1.807, 2.05) is 46.2 Å². The molecule has 2 aromatic rings. The number of nitrogens with one attached hydrogen (secondary N) is 1. The number of hydrogen-bond donors (Lipinski definition) is 2. The molecule has 2 fully saturated rings. The first-order chi connectivity index (χ1) is 15.5. The number of rotatable bonds is 5. The third-order valence-electron chi connectivity index (χ3n) is 6.68. The number of allylic oxidation sites excluding steroid dienone is 1. The quantitative estimate of drug-likeness (QED) is 0.708. The van der Waals surface area contributed by atoms with E-state index < -0.39 is 5.41 Å². The summed E-state index contributed by atoms with van der Waals surface area (Å²) in [6, 6.07) is 14.8. The van der Waals surface area contributed by atoms with Gasteiger partial charge in [0.05, 0.1) is 12.5 Å². The van der Waals surface area contributed by atoms with Gasteiger partial charge in [0.25, 0.3) is 5.91 Å². The molecule has 1 spiro atoms. The van der Waals surface area contributed by atoms with Crippen LogP contribution in [-0.4, -0.2) is 49.7 Å². The molecule has 0 atom stereocenters. The van der Waals surface area contributed by atoms with Gasteiger partial charge in [0.2, 0.25) is 5.91 Å². The van der Waals surface area contributed by atoms with E-state index in [2.05, 4.69) is 0 Å². The van der Waals surface area contributed by atoms with Crippen LogP contribution in [-0.2, 0) is 4.79 Å². The third-order valence-corrected chi connectivity index (χ3v) is 6.68. The number of ether oxygens (including phenoxy) is 1. The number of carbonyl (C=O) groups excluding carboxylic acids is 2. The van der Waals surface area contributed by atoms with Gasteiger partial charge >= 0.3 is 0 Å². The molecule has 0 aromatic heterocycles. The fraction of sp³-hybridized carbons (Fsp3) is 0.320. The van der Waals surface area contributed by atoms with Crippen LogP contribution in [0.4, 0.5) is 5.69 Å². The molecule has 0 saturated carbocycles. The summed E-state index contributed by atoms with van der Waals surface area (Å²) < 4.78 is 5.23. The van der Waals surface area contributed by atoms with E-state index in [9.17, 15) is 9.59 Å². The topological polar surface area (TPSA) is 99.7 Å². The average molecular weight is 433 g/mol. The first-order valence-electron chi connectivity index (χ1n) is 10.8. The second-order valence-corrected chi connectivity index (χ2v) is 8.32. The number of nitrogens with two attached hydrogens (primary N) is 1. The van der Waals surface area contributed by atoms with Crippen molar-refractivity contribution < 1.29 is 14.3 Å². The molecular weight excluding hydrogens is 404 g/mol. The number of piperidine rings is 1. The Labute approximate surface area is 188 Å². The summed E-state index contributed by atoms with van der Waals surface area (Å²) in [5.74, 6) is 0.777. The zero-order valence-corrected chi connectivity index (χ0v) is 18.2. The predicted octanol–water partition coefficient (Wildman–Crippen LogP) is 3.30. The summed E-state index contributed by atoms with van der Waals surface area (Å²) >= 11 is 0. The van der Waals surface area contributed by atoms with Crippen molar-refractivity contribution in [2.45, 2.75) is 19.3 Å². The van der Waals surface area contributed by atoms with Crippen LogP contribution in [0.25, 0.3) is 5.57 Å². The number of nitrogens with zero attached hydrogens (tertiary/aromatic N) is 2. The minimum absolute atomic E-state index is 0.0217. The Morgan fingerprint density at radius 3 is 2.38 bits per heavy atom. The number of likely N-dealkylation sites (tertiary alicyclic amines) is 1. The molecule has 0 unspecified atom stereocenters. The maximum absolute atomic E-state index is 13.4. The maximum Gasteiger partial charge on any atom is 0.253 e. The van der Waals surface area contributed by atoms with Crippen molar-refractivity contribution >= 4 is 29.3 Å². The Bertz CT molecular complexity index is 1050. The minimum atomic E-state index is -0.402. The SMILES string of the molecule is COc1cccc(C(=O)N2CCC3(CC2)CCN(c2ccc(/C(C=N)=C/N)cc2)C3=O)c1. The van der Waals surface area contributed by atoms with Crippen molar-refractivity contribution in [3.63, 3.8) is 0 Å². The summed E-state index contributed by atoms with van der Waals surface area (Å²) in [5, 5.41) is 7.43. The van der Waals surface area contributed by atoms with E-state index in [-0.39, 0.29) is 11.8 Å². The largest absolute Gasteiger partial charge is 0.497 e. The van der Waals surface area contributed by atoms with E-state index in [1.54, 1.807) is 19.2 Å². The molecule has 2 aromatic carbocycles. The van der Waals surface area contributed by atoms with Crippen LogP contribution in [0.1, 0.15) is 35.2 Å². The highest BCUT2D eigenvalue weighted by molar-refractivity contribution is 6.08. The fourth-order valence-corrected chi connectivity index (χ4v) is 4.67. The highest BCUT2D eigenvalue weighted by Gasteiger charge is 2.49. The molecule has 4 rings (SSSR count). The van der Waals surface area contributed by atoms with E-state index in [4.69, 9.17) is 15.9 Å². The molecule has 3 N–H and O–H groups in total. The van der Waals surface area contributed by atoms with Crippen molar-refractivity contribution in [3.05, 3.63) is 65.9 Å². The lowest BCUT2D eigenvalue weighted by molar-refractivity contribution is -0.127. The van der Waals surface area contributed by atoms with Gasteiger partial charge in [-0.3, -0.25) is 9.59 Å². The summed E-state index contributed by atoms with van der Waals surface area (Å²) in [5.41, 5.74) is 8.10. The molecule has 2 aliphatic rings. The van der Waals surface area contributed by atoms with Crippen molar-refractivity contribution in [1.29, 1.82) is 5.41 Å². The summed E-state index contributed by atoms with van der Waals surface area (Å²) in [6.45, 7) is 1.81. The van der Waals surface area contributed by atoms with Gasteiger partial charge in [-0.1, -0.05) is 18.2 Å². The molecule has 2 heterocycles. The molecule has 7 heteroatoms. The molecule has 2 saturated heterocycles. The zero-order valence-electron chi connectivity index (χ0n) is 18.2. The van der Waals surface area contributed by atoms with Crippen molar-refractivity contribution in [2.75, 3.05) is 31.6 Å². The van der Waals surface area contributed by atoms with Crippen molar-refractivity contribution in [3.8, 4) is 5.75 Å². The monoisotopic (exact) mass is 432 g/mol. The Morgan fingerprint density at radius 1 is 1.06 bits per heavy atom. The van der Waals surface area contributed by atoms with Gasteiger partial charge in [0.15, 0.2) is 0 Å². The van der Waals surface area contributed by atoms with Crippen LogP contribution in [0.15, 0.2) is 54.7 Å². The highest BCUT2D eigenvalue weighted by Crippen LogP contribution is 2.43. The fourth-order valence-electron chi connectivity index (χ4n) is 4.67. The van der Waals surface area contributed by atoms with E-state index in [0.717, 1.165) is 17.7 Å². The van der Waals surface area contributed by atoms with E-state index in [0.29, 0.717) is 49.4 Å². The number of anilines is 1. The average Bonchev–Trinajstić information content (AvgIpc) is 3.16. The van der Waals surface area contributed by atoms with Gasteiger partial charge < -0.3 is 25.7 Å². The smallest absolute Gasteiger partial charge is 0.253 e. The highest BCUT2D eigenvalue weighted by atomic mass is 16.5. The van der Waals surface area contributed by atoms with Gasteiger partial charge in [-0.25, -0.2) is 0 Å².